The van der Waals surface area contributed by atoms with Crippen LogP contribution in [0.25, 0.3) is 0 Å². The minimum atomic E-state index is -0.133. The van der Waals surface area contributed by atoms with Gasteiger partial charge in [0.1, 0.15) is 0 Å². The van der Waals surface area contributed by atoms with E-state index in [1.54, 1.807) is 0 Å². The van der Waals surface area contributed by atoms with E-state index in [4.69, 9.17) is 18.9 Å². The van der Waals surface area contributed by atoms with Crippen molar-refractivity contribution in [1.82, 2.24) is 0 Å². The first kappa shape index (κ1) is 16.8. The molecule has 0 aliphatic rings. The number of unbranched alkanes of at least 4 members (excludes halogenated alkanes) is 1. The van der Waals surface area contributed by atoms with Gasteiger partial charge in [-0.2, -0.15) is 0 Å². The van der Waals surface area contributed by atoms with E-state index in [1.807, 2.05) is 13.8 Å². The zero-order valence-electron chi connectivity index (χ0n) is 11.6. The molecule has 4 heteroatoms. The van der Waals surface area contributed by atoms with E-state index >= 15 is 0 Å². The van der Waals surface area contributed by atoms with E-state index in [-0.39, 0.29) is 6.29 Å². The van der Waals surface area contributed by atoms with Crippen molar-refractivity contribution >= 4 is 0 Å². The molecule has 0 aromatic rings. The summed E-state index contributed by atoms with van der Waals surface area (Å²) in [6.45, 7) is 10.2. The molecular weight excluding hydrogens is 220 g/mol. The maximum absolute atomic E-state index is 5.45. The van der Waals surface area contributed by atoms with Crippen molar-refractivity contribution in [3.8, 4) is 0 Å². The third-order valence-electron chi connectivity index (χ3n) is 2.22. The Morgan fingerprint density at radius 2 is 1.35 bits per heavy atom. The van der Waals surface area contributed by atoms with Gasteiger partial charge in [-0.3, -0.25) is 0 Å². The van der Waals surface area contributed by atoms with Gasteiger partial charge in [0.05, 0.1) is 19.8 Å². The van der Waals surface area contributed by atoms with Gasteiger partial charge in [-0.15, -0.1) is 0 Å². The average Bonchev–Trinajstić information content (AvgIpc) is 2.33. The lowest BCUT2D eigenvalue weighted by Crippen LogP contribution is -2.20. The molecule has 0 aliphatic heterocycles. The molecule has 104 valence electrons. The molecule has 17 heavy (non-hydrogen) atoms. The molecule has 0 saturated carbocycles. The first-order valence-electron chi connectivity index (χ1n) is 6.73. The van der Waals surface area contributed by atoms with E-state index in [1.165, 1.54) is 6.42 Å². The number of ether oxygens (including phenoxy) is 4. The standard InChI is InChI=1S/C13H28O4/c1-4-7-9-14-11-12-15-10-8-13(16-5-2)17-6-3/h13H,4-12H2,1-3H3. The number of rotatable bonds is 13. The summed E-state index contributed by atoms with van der Waals surface area (Å²) < 4.78 is 21.7. The van der Waals surface area contributed by atoms with Crippen LogP contribution >= 0.6 is 0 Å². The summed E-state index contributed by atoms with van der Waals surface area (Å²) in [6, 6.07) is 0. The molecule has 0 aromatic heterocycles. The van der Waals surface area contributed by atoms with Gasteiger partial charge in [-0.25, -0.2) is 0 Å². The van der Waals surface area contributed by atoms with Crippen molar-refractivity contribution in [2.24, 2.45) is 0 Å². The molecule has 0 aromatic carbocycles. The summed E-state index contributed by atoms with van der Waals surface area (Å²) in [4.78, 5) is 0. The van der Waals surface area contributed by atoms with Crippen LogP contribution < -0.4 is 0 Å². The van der Waals surface area contributed by atoms with Crippen LogP contribution in [0.15, 0.2) is 0 Å². The summed E-state index contributed by atoms with van der Waals surface area (Å²) in [5.74, 6) is 0. The molecular formula is C13H28O4. The topological polar surface area (TPSA) is 36.9 Å². The summed E-state index contributed by atoms with van der Waals surface area (Å²) >= 11 is 0. The van der Waals surface area contributed by atoms with Crippen LogP contribution in [-0.2, 0) is 18.9 Å². The Hall–Kier alpha value is -0.160. The van der Waals surface area contributed by atoms with Crippen molar-refractivity contribution in [3.05, 3.63) is 0 Å². The van der Waals surface area contributed by atoms with Crippen LogP contribution in [0.2, 0.25) is 0 Å². The molecule has 0 atom stereocenters. The van der Waals surface area contributed by atoms with Gasteiger partial charge in [0.25, 0.3) is 0 Å². The Balaban J connectivity index is 3.23. The van der Waals surface area contributed by atoms with E-state index in [2.05, 4.69) is 6.92 Å². The minimum Gasteiger partial charge on any atom is -0.379 e. The Morgan fingerprint density at radius 3 is 1.88 bits per heavy atom. The monoisotopic (exact) mass is 248 g/mol. The fourth-order valence-corrected chi connectivity index (χ4v) is 1.33. The Kier molecular flexibility index (Phi) is 13.8. The highest BCUT2D eigenvalue weighted by Crippen LogP contribution is 2.01. The SMILES string of the molecule is CCCCOCCOCCC(OCC)OCC. The van der Waals surface area contributed by atoms with Crippen molar-refractivity contribution < 1.29 is 18.9 Å². The fourth-order valence-electron chi connectivity index (χ4n) is 1.33. The summed E-state index contributed by atoms with van der Waals surface area (Å²) in [7, 11) is 0. The van der Waals surface area contributed by atoms with Crippen molar-refractivity contribution in [3.63, 3.8) is 0 Å². The van der Waals surface area contributed by atoms with Crippen LogP contribution in [0, 0.1) is 0 Å². The molecule has 0 spiro atoms. The highest BCUT2D eigenvalue weighted by atomic mass is 16.7. The second kappa shape index (κ2) is 13.9. The minimum absolute atomic E-state index is 0.133. The van der Waals surface area contributed by atoms with Crippen molar-refractivity contribution in [2.75, 3.05) is 39.6 Å². The number of hydrogen-bond donors (Lipinski definition) is 0. The van der Waals surface area contributed by atoms with E-state index in [0.717, 1.165) is 19.4 Å². The molecule has 0 radical (unpaired) electrons. The first-order chi connectivity index (χ1) is 8.35. The van der Waals surface area contributed by atoms with Gasteiger partial charge >= 0.3 is 0 Å². The quantitative estimate of drug-likeness (QED) is 0.371. The zero-order valence-corrected chi connectivity index (χ0v) is 11.6. The van der Waals surface area contributed by atoms with Gasteiger partial charge in [-0.05, 0) is 20.3 Å². The average molecular weight is 248 g/mol. The van der Waals surface area contributed by atoms with Gasteiger partial charge in [0.15, 0.2) is 6.29 Å². The lowest BCUT2D eigenvalue weighted by molar-refractivity contribution is -0.147. The van der Waals surface area contributed by atoms with E-state index in [9.17, 15) is 0 Å². The molecule has 0 rings (SSSR count). The van der Waals surface area contributed by atoms with Gasteiger partial charge in [0.2, 0.25) is 0 Å². The summed E-state index contributed by atoms with van der Waals surface area (Å²) in [6.07, 6.45) is 2.93. The maximum atomic E-state index is 5.45. The third-order valence-corrected chi connectivity index (χ3v) is 2.22. The lowest BCUT2D eigenvalue weighted by atomic mass is 10.4. The van der Waals surface area contributed by atoms with Crippen LogP contribution in [0.1, 0.15) is 40.0 Å². The van der Waals surface area contributed by atoms with Crippen LogP contribution in [0.5, 0.6) is 0 Å². The van der Waals surface area contributed by atoms with Crippen LogP contribution in [-0.4, -0.2) is 45.9 Å². The highest BCUT2D eigenvalue weighted by Gasteiger charge is 2.06. The lowest BCUT2D eigenvalue weighted by Gasteiger charge is -2.16. The maximum Gasteiger partial charge on any atom is 0.159 e. The van der Waals surface area contributed by atoms with E-state index < -0.39 is 0 Å². The van der Waals surface area contributed by atoms with Crippen molar-refractivity contribution in [1.29, 1.82) is 0 Å². The molecule has 0 heterocycles. The zero-order chi connectivity index (χ0) is 12.8. The molecule has 0 unspecified atom stereocenters. The fraction of sp³-hybridized carbons (Fsp3) is 1.00. The second-order valence-electron chi connectivity index (χ2n) is 3.71. The molecule has 0 amide bonds. The predicted octanol–water partition coefficient (Wildman–Crippen LogP) is 2.61. The smallest absolute Gasteiger partial charge is 0.159 e. The Morgan fingerprint density at radius 1 is 0.765 bits per heavy atom. The second-order valence-corrected chi connectivity index (χ2v) is 3.71. The van der Waals surface area contributed by atoms with Crippen LogP contribution in [0.4, 0.5) is 0 Å². The Bertz CT molecular complexity index is 135. The molecule has 0 fully saturated rings. The molecule has 4 nitrogen and oxygen atoms in total. The molecule has 0 saturated heterocycles. The van der Waals surface area contributed by atoms with Crippen LogP contribution in [0.3, 0.4) is 0 Å². The first-order valence-corrected chi connectivity index (χ1v) is 6.73. The third kappa shape index (κ3) is 12.1. The van der Waals surface area contributed by atoms with Gasteiger partial charge in [0, 0.05) is 26.2 Å². The van der Waals surface area contributed by atoms with Gasteiger partial charge in [-0.1, -0.05) is 13.3 Å². The molecule has 0 N–H and O–H groups in total. The van der Waals surface area contributed by atoms with Crippen molar-refractivity contribution in [2.45, 2.75) is 46.3 Å². The largest absolute Gasteiger partial charge is 0.379 e. The normalized spacial score (nSPS) is 11.3. The molecule has 0 aliphatic carbocycles. The Labute approximate surface area is 106 Å². The molecule has 0 bridgehead atoms. The van der Waals surface area contributed by atoms with Gasteiger partial charge < -0.3 is 18.9 Å². The summed E-state index contributed by atoms with van der Waals surface area (Å²) in [5, 5.41) is 0. The number of hydrogen-bond acceptors (Lipinski definition) is 4. The summed E-state index contributed by atoms with van der Waals surface area (Å²) in [5.41, 5.74) is 0. The highest BCUT2D eigenvalue weighted by molar-refractivity contribution is 4.44. The van der Waals surface area contributed by atoms with E-state index in [0.29, 0.717) is 33.0 Å². The predicted molar refractivity (Wildman–Crippen MR) is 68.2 cm³/mol.